The predicted octanol–water partition coefficient (Wildman–Crippen LogP) is 2.74. The van der Waals surface area contributed by atoms with E-state index >= 15 is 0 Å². The number of ether oxygens (including phenoxy) is 1. The van der Waals surface area contributed by atoms with Crippen molar-refractivity contribution in [2.24, 2.45) is 5.92 Å². The van der Waals surface area contributed by atoms with Crippen molar-refractivity contribution in [1.29, 1.82) is 0 Å². The average molecular weight is 270 g/mol. The van der Waals surface area contributed by atoms with Crippen LogP contribution in [0.25, 0.3) is 0 Å². The molecule has 1 unspecified atom stereocenters. The molecule has 1 aliphatic heterocycles. The Morgan fingerprint density at radius 3 is 2.94 bits per heavy atom. The van der Waals surface area contributed by atoms with E-state index in [0.29, 0.717) is 11.3 Å². The highest BCUT2D eigenvalue weighted by molar-refractivity contribution is 6.21. The monoisotopic (exact) mass is 269 g/mol. The van der Waals surface area contributed by atoms with Crippen LogP contribution in [-0.2, 0) is 6.42 Å². The van der Waals surface area contributed by atoms with E-state index in [2.05, 4.69) is 5.32 Å². The van der Waals surface area contributed by atoms with Gasteiger partial charge in [-0.25, -0.2) is 4.39 Å². The smallest absolute Gasteiger partial charge is 0.123 e. The molecule has 2 aliphatic rings. The van der Waals surface area contributed by atoms with E-state index < -0.39 is 0 Å². The Bertz CT molecular complexity index is 434. The maximum absolute atomic E-state index is 13.1. The molecule has 1 saturated carbocycles. The van der Waals surface area contributed by atoms with E-state index in [-0.39, 0.29) is 11.9 Å². The minimum Gasteiger partial charge on any atom is -0.488 e. The quantitative estimate of drug-likeness (QED) is 0.849. The lowest BCUT2D eigenvalue weighted by molar-refractivity contribution is 0.216. The van der Waals surface area contributed by atoms with E-state index in [4.69, 9.17) is 16.3 Å². The zero-order valence-electron chi connectivity index (χ0n) is 10.2. The van der Waals surface area contributed by atoms with Crippen molar-refractivity contribution < 1.29 is 9.13 Å². The summed E-state index contributed by atoms with van der Waals surface area (Å²) in [5, 5.41) is 3.80. The summed E-state index contributed by atoms with van der Waals surface area (Å²) in [4.78, 5) is 0. The lowest BCUT2D eigenvalue weighted by Gasteiger charge is -2.31. The molecule has 1 atom stereocenters. The molecule has 1 aromatic carbocycles. The van der Waals surface area contributed by atoms with Gasteiger partial charge in [0.1, 0.15) is 17.7 Å². The topological polar surface area (TPSA) is 21.3 Å². The average Bonchev–Trinajstić information content (AvgIpc) is 2.68. The van der Waals surface area contributed by atoms with Gasteiger partial charge in [-0.2, -0.15) is 0 Å². The summed E-state index contributed by atoms with van der Waals surface area (Å²) in [6.45, 7) is 1.83. The van der Waals surface area contributed by atoms with Crippen molar-refractivity contribution in [2.45, 2.75) is 30.7 Å². The second kappa shape index (κ2) is 5.06. The van der Waals surface area contributed by atoms with Gasteiger partial charge in [-0.1, -0.05) is 0 Å². The van der Waals surface area contributed by atoms with Crippen LogP contribution < -0.4 is 10.1 Å². The van der Waals surface area contributed by atoms with Crippen LogP contribution in [0.5, 0.6) is 5.75 Å². The molecule has 1 fully saturated rings. The molecule has 0 spiro atoms. The summed E-state index contributed by atoms with van der Waals surface area (Å²) in [6, 6.07) is 4.73. The molecular weight excluding hydrogens is 253 g/mol. The fourth-order valence-corrected chi connectivity index (χ4v) is 3.18. The molecule has 4 heteroatoms. The fraction of sp³-hybridized carbons (Fsp3) is 0.571. The molecular formula is C14H17ClFNO. The second-order valence-electron chi connectivity index (χ2n) is 5.29. The van der Waals surface area contributed by atoms with Crippen molar-refractivity contribution in [3.8, 4) is 5.75 Å². The van der Waals surface area contributed by atoms with E-state index in [9.17, 15) is 4.39 Å². The predicted molar refractivity (Wildman–Crippen MR) is 69.8 cm³/mol. The molecule has 0 radical (unpaired) electrons. The maximum atomic E-state index is 13.1. The highest BCUT2D eigenvalue weighted by atomic mass is 35.5. The van der Waals surface area contributed by atoms with Gasteiger partial charge in [0.2, 0.25) is 0 Å². The van der Waals surface area contributed by atoms with E-state index in [1.165, 1.54) is 6.07 Å². The normalized spacial score (nSPS) is 29.6. The van der Waals surface area contributed by atoms with E-state index in [1.54, 1.807) is 12.1 Å². The highest BCUT2D eigenvalue weighted by Crippen LogP contribution is 2.31. The molecule has 0 amide bonds. The molecule has 98 valence electrons. The second-order valence-corrected chi connectivity index (χ2v) is 5.91. The number of halogens is 2. The van der Waals surface area contributed by atoms with Crippen LogP contribution in [0, 0.1) is 11.7 Å². The lowest BCUT2D eigenvalue weighted by Crippen LogP contribution is -2.38. The molecule has 0 bridgehead atoms. The number of rotatable bonds is 4. The molecule has 1 aliphatic carbocycles. The van der Waals surface area contributed by atoms with Gasteiger partial charge in [0.05, 0.1) is 0 Å². The summed E-state index contributed by atoms with van der Waals surface area (Å²) >= 11 is 5.94. The minimum atomic E-state index is -0.186. The largest absolute Gasteiger partial charge is 0.488 e. The zero-order valence-corrected chi connectivity index (χ0v) is 10.9. The van der Waals surface area contributed by atoms with Gasteiger partial charge in [0.25, 0.3) is 0 Å². The number of nitrogens with one attached hydrogen (secondary N) is 1. The van der Waals surface area contributed by atoms with Gasteiger partial charge in [-0.05, 0) is 43.5 Å². The van der Waals surface area contributed by atoms with Crippen LogP contribution in [0.3, 0.4) is 0 Å². The van der Waals surface area contributed by atoms with Gasteiger partial charge in [0, 0.05) is 23.9 Å². The lowest BCUT2D eigenvalue weighted by atomic mass is 9.85. The van der Waals surface area contributed by atoms with Crippen molar-refractivity contribution in [3.05, 3.63) is 29.6 Å². The fourth-order valence-electron chi connectivity index (χ4n) is 2.67. The summed E-state index contributed by atoms with van der Waals surface area (Å²) in [5.74, 6) is 1.36. The SMILES string of the molecule is Fc1ccc2c(c1)CC(CNCC1CC(Cl)C1)O2. The summed E-state index contributed by atoms with van der Waals surface area (Å²) in [5.41, 5.74) is 0.978. The van der Waals surface area contributed by atoms with Crippen LogP contribution in [0.2, 0.25) is 0 Å². The van der Waals surface area contributed by atoms with Gasteiger partial charge in [-0.3, -0.25) is 0 Å². The number of benzene rings is 1. The first kappa shape index (κ1) is 12.2. The third-order valence-corrected chi connectivity index (χ3v) is 4.10. The highest BCUT2D eigenvalue weighted by Gasteiger charge is 2.28. The first-order chi connectivity index (χ1) is 8.70. The zero-order chi connectivity index (χ0) is 12.5. The van der Waals surface area contributed by atoms with Crippen LogP contribution in [0.4, 0.5) is 4.39 Å². The van der Waals surface area contributed by atoms with Crippen molar-refractivity contribution in [2.75, 3.05) is 13.1 Å². The Kier molecular flexibility index (Phi) is 3.44. The number of alkyl halides is 1. The van der Waals surface area contributed by atoms with Crippen molar-refractivity contribution in [1.82, 2.24) is 5.32 Å². The maximum Gasteiger partial charge on any atom is 0.123 e. The minimum absolute atomic E-state index is 0.133. The standard InChI is InChI=1S/C14H17ClFNO/c15-11-3-9(4-11)7-17-8-13-6-10-5-12(16)1-2-14(10)18-13/h1-2,5,9,11,13,17H,3-4,6-8H2. The Balaban J connectivity index is 1.43. The van der Waals surface area contributed by atoms with Crippen LogP contribution in [0.1, 0.15) is 18.4 Å². The molecule has 3 rings (SSSR count). The molecule has 2 nitrogen and oxygen atoms in total. The molecule has 1 N–H and O–H groups in total. The Morgan fingerprint density at radius 1 is 1.33 bits per heavy atom. The summed E-state index contributed by atoms with van der Waals surface area (Å²) in [6.07, 6.45) is 3.16. The first-order valence-corrected chi connectivity index (χ1v) is 6.94. The third kappa shape index (κ3) is 2.62. The first-order valence-electron chi connectivity index (χ1n) is 6.50. The van der Waals surface area contributed by atoms with E-state index in [0.717, 1.165) is 43.7 Å². The third-order valence-electron chi connectivity index (χ3n) is 3.75. The Hall–Kier alpha value is -0.800. The van der Waals surface area contributed by atoms with Crippen molar-refractivity contribution >= 4 is 11.6 Å². The summed E-state index contributed by atoms with van der Waals surface area (Å²) in [7, 11) is 0. The van der Waals surface area contributed by atoms with E-state index in [1.807, 2.05) is 0 Å². The molecule has 1 heterocycles. The Labute approximate surface area is 111 Å². The van der Waals surface area contributed by atoms with Gasteiger partial charge < -0.3 is 10.1 Å². The summed E-state index contributed by atoms with van der Waals surface area (Å²) < 4.78 is 18.8. The number of fused-ring (bicyclic) bond motifs is 1. The number of hydrogen-bond donors (Lipinski definition) is 1. The van der Waals surface area contributed by atoms with Gasteiger partial charge in [0.15, 0.2) is 0 Å². The van der Waals surface area contributed by atoms with Crippen molar-refractivity contribution in [3.63, 3.8) is 0 Å². The molecule has 18 heavy (non-hydrogen) atoms. The van der Waals surface area contributed by atoms with Gasteiger partial charge in [-0.15, -0.1) is 11.6 Å². The Morgan fingerprint density at radius 2 is 2.17 bits per heavy atom. The molecule has 0 saturated heterocycles. The molecule has 1 aromatic rings. The molecule has 0 aromatic heterocycles. The number of hydrogen-bond acceptors (Lipinski definition) is 2. The van der Waals surface area contributed by atoms with Crippen LogP contribution in [-0.4, -0.2) is 24.6 Å². The van der Waals surface area contributed by atoms with Crippen LogP contribution in [0.15, 0.2) is 18.2 Å². The van der Waals surface area contributed by atoms with Crippen LogP contribution >= 0.6 is 11.6 Å². The van der Waals surface area contributed by atoms with Gasteiger partial charge >= 0.3 is 0 Å².